The summed E-state index contributed by atoms with van der Waals surface area (Å²) >= 11 is 0. The fourth-order valence-electron chi connectivity index (χ4n) is 4.77. The van der Waals surface area contributed by atoms with Gasteiger partial charge in [-0.2, -0.15) is 0 Å². The minimum absolute atomic E-state index is 0.0265. The molecule has 0 saturated heterocycles. The van der Waals surface area contributed by atoms with E-state index in [1.807, 2.05) is 21.1 Å². The fraction of sp³-hybridized carbons (Fsp3) is 0.941. The van der Waals surface area contributed by atoms with Gasteiger partial charge in [0.25, 0.3) is 7.82 Å². The molecule has 262 valence electrons. The first kappa shape index (κ1) is 43.0. The maximum Gasteiger partial charge on any atom is 0.306 e. The zero-order valence-electron chi connectivity index (χ0n) is 29.1. The van der Waals surface area contributed by atoms with Crippen molar-refractivity contribution >= 4 is 19.8 Å². The Labute approximate surface area is 270 Å². The lowest BCUT2D eigenvalue weighted by atomic mass is 10.0. The molecule has 0 aliphatic heterocycles. The molecule has 10 heteroatoms. The van der Waals surface area contributed by atoms with Gasteiger partial charge >= 0.3 is 11.9 Å². The van der Waals surface area contributed by atoms with Crippen molar-refractivity contribution in [2.24, 2.45) is 0 Å². The molecule has 0 aliphatic rings. The number of unbranched alkanes of at least 4 members (excludes halogenated alkanes) is 18. The maximum absolute atomic E-state index is 12.5. The van der Waals surface area contributed by atoms with Crippen LogP contribution in [0.3, 0.4) is 0 Å². The third kappa shape index (κ3) is 31.0. The van der Waals surface area contributed by atoms with Gasteiger partial charge in [0.1, 0.15) is 19.8 Å². The van der Waals surface area contributed by atoms with Crippen molar-refractivity contribution in [2.45, 2.75) is 161 Å². The van der Waals surface area contributed by atoms with Gasteiger partial charge in [-0.25, -0.2) is 0 Å². The fourth-order valence-corrected chi connectivity index (χ4v) is 5.50. The summed E-state index contributed by atoms with van der Waals surface area (Å²) < 4.78 is 33.6. The van der Waals surface area contributed by atoms with Crippen LogP contribution in [-0.2, 0) is 32.7 Å². The van der Waals surface area contributed by atoms with E-state index in [-0.39, 0.29) is 32.0 Å². The average Bonchev–Trinajstić information content (AvgIpc) is 2.95. The van der Waals surface area contributed by atoms with Gasteiger partial charge in [-0.3, -0.25) is 14.2 Å². The lowest BCUT2D eigenvalue weighted by molar-refractivity contribution is -0.870. The molecule has 0 amide bonds. The molecule has 2 atom stereocenters. The zero-order chi connectivity index (χ0) is 32.9. The van der Waals surface area contributed by atoms with E-state index in [0.717, 1.165) is 32.1 Å². The summed E-state index contributed by atoms with van der Waals surface area (Å²) in [4.78, 5) is 37.1. The summed E-state index contributed by atoms with van der Waals surface area (Å²) in [5.74, 6) is -0.834. The Morgan fingerprint density at radius 2 is 1.02 bits per heavy atom. The molecule has 0 saturated carbocycles. The molecule has 0 N–H and O–H groups in total. The molecule has 0 aromatic rings. The first-order valence-electron chi connectivity index (χ1n) is 17.7. The molecular formula is C34H68NO8P. The Bertz CT molecular complexity index is 743. The minimum Gasteiger partial charge on any atom is -0.756 e. The van der Waals surface area contributed by atoms with Gasteiger partial charge < -0.3 is 27.9 Å². The van der Waals surface area contributed by atoms with Crippen LogP contribution in [0.4, 0.5) is 0 Å². The molecular weight excluding hydrogens is 581 g/mol. The standard InChI is InChI=1S/C34H68NO8P/c1-6-8-10-12-14-16-17-18-19-21-23-25-27-34(37)43-32(31-42-44(38,39)41-29-28-35(3,4)5)30-40-33(36)26-24-22-20-15-13-11-9-7-2/h32H,6-31H2,1-5H3. The van der Waals surface area contributed by atoms with E-state index in [9.17, 15) is 19.0 Å². The number of ether oxygens (including phenoxy) is 2. The Balaban J connectivity index is 4.46. The quantitative estimate of drug-likeness (QED) is 0.0310. The van der Waals surface area contributed by atoms with E-state index in [1.54, 1.807) is 0 Å². The van der Waals surface area contributed by atoms with E-state index in [0.29, 0.717) is 17.4 Å². The number of rotatable bonds is 32. The highest BCUT2D eigenvalue weighted by atomic mass is 31.2. The number of esters is 2. The topological polar surface area (TPSA) is 111 Å². The van der Waals surface area contributed by atoms with E-state index in [2.05, 4.69) is 13.8 Å². The van der Waals surface area contributed by atoms with Crippen LogP contribution in [0.5, 0.6) is 0 Å². The Morgan fingerprint density at radius 3 is 1.45 bits per heavy atom. The van der Waals surface area contributed by atoms with Gasteiger partial charge in [0, 0.05) is 12.8 Å². The van der Waals surface area contributed by atoms with Crippen LogP contribution in [0.1, 0.15) is 155 Å². The first-order chi connectivity index (χ1) is 21.0. The van der Waals surface area contributed by atoms with E-state index in [1.165, 1.54) is 89.9 Å². The van der Waals surface area contributed by atoms with Crippen molar-refractivity contribution in [3.63, 3.8) is 0 Å². The summed E-state index contributed by atoms with van der Waals surface area (Å²) in [6.45, 7) is 4.18. The van der Waals surface area contributed by atoms with Gasteiger partial charge in [-0.15, -0.1) is 0 Å². The number of phosphoric ester groups is 1. The van der Waals surface area contributed by atoms with Crippen molar-refractivity contribution in [3.8, 4) is 0 Å². The van der Waals surface area contributed by atoms with Crippen molar-refractivity contribution in [1.29, 1.82) is 0 Å². The summed E-state index contributed by atoms with van der Waals surface area (Å²) in [5.41, 5.74) is 0. The van der Waals surface area contributed by atoms with Crippen LogP contribution in [0.2, 0.25) is 0 Å². The highest BCUT2D eigenvalue weighted by Gasteiger charge is 2.21. The van der Waals surface area contributed by atoms with Crippen molar-refractivity contribution in [2.75, 3.05) is 47.5 Å². The predicted molar refractivity (Wildman–Crippen MR) is 176 cm³/mol. The van der Waals surface area contributed by atoms with Crippen molar-refractivity contribution < 1.29 is 42.1 Å². The third-order valence-corrected chi connectivity index (χ3v) is 8.59. The summed E-state index contributed by atoms with van der Waals surface area (Å²) in [6.07, 6.45) is 22.8. The third-order valence-electron chi connectivity index (χ3n) is 7.63. The molecule has 0 radical (unpaired) electrons. The lowest BCUT2D eigenvalue weighted by Crippen LogP contribution is -2.37. The maximum atomic E-state index is 12.5. The smallest absolute Gasteiger partial charge is 0.306 e. The Morgan fingerprint density at radius 1 is 0.614 bits per heavy atom. The molecule has 0 aromatic heterocycles. The summed E-state index contributed by atoms with van der Waals surface area (Å²) in [6, 6.07) is 0. The molecule has 9 nitrogen and oxygen atoms in total. The number of quaternary nitrogens is 1. The molecule has 44 heavy (non-hydrogen) atoms. The molecule has 2 unspecified atom stereocenters. The number of phosphoric acid groups is 1. The first-order valence-corrected chi connectivity index (χ1v) is 19.2. The van der Waals surface area contributed by atoms with Crippen LogP contribution in [-0.4, -0.2) is 70.0 Å². The van der Waals surface area contributed by atoms with Crippen LogP contribution in [0, 0.1) is 0 Å². The minimum atomic E-state index is -4.60. The number of carbonyl (C=O) groups excluding carboxylic acids is 2. The largest absolute Gasteiger partial charge is 0.756 e. The summed E-state index contributed by atoms with van der Waals surface area (Å²) in [5, 5.41) is 0. The van der Waals surface area contributed by atoms with Crippen LogP contribution >= 0.6 is 7.82 Å². The Kier molecular flexibility index (Phi) is 27.6. The number of hydrogen-bond donors (Lipinski definition) is 0. The van der Waals surface area contributed by atoms with Gasteiger partial charge in [0.15, 0.2) is 6.10 Å². The number of likely N-dealkylation sites (N-methyl/N-ethyl adjacent to an activating group) is 1. The molecule has 0 rings (SSSR count). The second-order valence-electron chi connectivity index (χ2n) is 13.2. The predicted octanol–water partition coefficient (Wildman–Crippen LogP) is 8.27. The highest BCUT2D eigenvalue weighted by Crippen LogP contribution is 2.38. The van der Waals surface area contributed by atoms with E-state index < -0.39 is 26.5 Å². The average molecular weight is 650 g/mol. The van der Waals surface area contributed by atoms with E-state index >= 15 is 0 Å². The van der Waals surface area contributed by atoms with Gasteiger partial charge in [-0.1, -0.05) is 129 Å². The normalized spacial score (nSPS) is 13.9. The molecule has 0 spiro atoms. The monoisotopic (exact) mass is 649 g/mol. The van der Waals surface area contributed by atoms with Gasteiger partial charge in [0.05, 0.1) is 27.7 Å². The number of hydrogen-bond acceptors (Lipinski definition) is 8. The molecule has 0 bridgehead atoms. The SMILES string of the molecule is CCCCCCCCCCCCCCC(=O)OC(COC(=O)CCCCCCCCCC)COP(=O)([O-])OCC[N+](C)(C)C. The van der Waals surface area contributed by atoms with Crippen LogP contribution < -0.4 is 4.89 Å². The number of carbonyl (C=O) groups is 2. The lowest BCUT2D eigenvalue weighted by Gasteiger charge is -2.28. The van der Waals surface area contributed by atoms with Crippen molar-refractivity contribution in [1.82, 2.24) is 0 Å². The summed E-state index contributed by atoms with van der Waals surface area (Å²) in [7, 11) is 1.17. The Hall–Kier alpha value is -0.990. The molecule has 0 heterocycles. The van der Waals surface area contributed by atoms with Gasteiger partial charge in [-0.05, 0) is 12.8 Å². The second-order valence-corrected chi connectivity index (χ2v) is 14.7. The second kappa shape index (κ2) is 28.3. The van der Waals surface area contributed by atoms with E-state index in [4.69, 9.17) is 18.5 Å². The van der Waals surface area contributed by atoms with Crippen molar-refractivity contribution in [3.05, 3.63) is 0 Å². The molecule has 0 aliphatic carbocycles. The highest BCUT2D eigenvalue weighted by molar-refractivity contribution is 7.45. The zero-order valence-corrected chi connectivity index (χ0v) is 30.0. The molecule has 0 aromatic carbocycles. The molecule has 0 fully saturated rings. The van der Waals surface area contributed by atoms with Crippen LogP contribution in [0.25, 0.3) is 0 Å². The van der Waals surface area contributed by atoms with Crippen LogP contribution in [0.15, 0.2) is 0 Å². The number of nitrogens with zero attached hydrogens (tertiary/aromatic N) is 1. The van der Waals surface area contributed by atoms with Gasteiger partial charge in [0.2, 0.25) is 0 Å².